The van der Waals surface area contributed by atoms with E-state index in [1.807, 2.05) is 0 Å². The quantitative estimate of drug-likeness (QED) is 0.911. The number of nitrogens with zero attached hydrogens (tertiary/aromatic N) is 1. The van der Waals surface area contributed by atoms with Gasteiger partial charge in [0.25, 0.3) is 5.91 Å². The van der Waals surface area contributed by atoms with Gasteiger partial charge in [-0.15, -0.1) is 11.3 Å². The van der Waals surface area contributed by atoms with Crippen LogP contribution in [0.1, 0.15) is 20.9 Å². The van der Waals surface area contributed by atoms with Crippen LogP contribution in [0.2, 0.25) is 0 Å². The van der Waals surface area contributed by atoms with Gasteiger partial charge in [0.05, 0.1) is 23.4 Å². The molecule has 112 valence electrons. The number of rotatable bonds is 4. The van der Waals surface area contributed by atoms with Crippen molar-refractivity contribution in [2.75, 3.05) is 12.4 Å². The maximum atomic E-state index is 12.9. The van der Waals surface area contributed by atoms with E-state index in [-0.39, 0.29) is 17.8 Å². The number of hydrogen-bond acceptors (Lipinski definition) is 4. The molecule has 0 aliphatic carbocycles. The zero-order chi connectivity index (χ0) is 15.5. The topological polar surface area (TPSA) is 54.0 Å². The molecule has 2 rings (SSSR count). The number of aromatic nitrogens is 1. The molecule has 0 bridgehead atoms. The van der Waals surface area contributed by atoms with Gasteiger partial charge in [-0.1, -0.05) is 6.07 Å². The SMILES string of the molecule is CNc1c(C(=O)NCc2nccs2)cccc1C(F)(F)F. The highest BCUT2D eigenvalue weighted by Gasteiger charge is 2.34. The van der Waals surface area contributed by atoms with Gasteiger partial charge in [0, 0.05) is 18.6 Å². The number of nitrogens with one attached hydrogen (secondary N) is 2. The zero-order valence-electron chi connectivity index (χ0n) is 11.0. The molecule has 1 aromatic carbocycles. The molecule has 0 fully saturated rings. The highest BCUT2D eigenvalue weighted by molar-refractivity contribution is 7.09. The summed E-state index contributed by atoms with van der Waals surface area (Å²) in [5.74, 6) is -0.583. The third-order valence-electron chi connectivity index (χ3n) is 2.75. The summed E-state index contributed by atoms with van der Waals surface area (Å²) >= 11 is 1.36. The van der Waals surface area contributed by atoms with Crippen molar-refractivity contribution < 1.29 is 18.0 Å². The molecule has 0 aliphatic heterocycles. The minimum atomic E-state index is -4.52. The van der Waals surface area contributed by atoms with Gasteiger partial charge in [0.1, 0.15) is 5.01 Å². The van der Waals surface area contributed by atoms with Gasteiger partial charge >= 0.3 is 6.18 Å². The van der Waals surface area contributed by atoms with E-state index in [0.29, 0.717) is 5.01 Å². The summed E-state index contributed by atoms with van der Waals surface area (Å²) in [7, 11) is 1.35. The minimum absolute atomic E-state index is 0.0520. The van der Waals surface area contributed by atoms with Crippen LogP contribution in [0.25, 0.3) is 0 Å². The van der Waals surface area contributed by atoms with E-state index in [9.17, 15) is 18.0 Å². The van der Waals surface area contributed by atoms with Crippen molar-refractivity contribution in [3.63, 3.8) is 0 Å². The number of alkyl halides is 3. The number of carbonyl (C=O) groups is 1. The lowest BCUT2D eigenvalue weighted by Crippen LogP contribution is -2.24. The first-order valence-corrected chi connectivity index (χ1v) is 6.86. The third-order valence-corrected chi connectivity index (χ3v) is 3.53. The Hall–Kier alpha value is -2.09. The molecule has 8 heteroatoms. The number of benzene rings is 1. The predicted molar refractivity (Wildman–Crippen MR) is 74.3 cm³/mol. The van der Waals surface area contributed by atoms with E-state index in [4.69, 9.17) is 0 Å². The van der Waals surface area contributed by atoms with Gasteiger partial charge < -0.3 is 10.6 Å². The van der Waals surface area contributed by atoms with Crippen molar-refractivity contribution in [1.82, 2.24) is 10.3 Å². The molecule has 1 amide bonds. The molecule has 0 spiro atoms. The molecule has 1 heterocycles. The summed E-state index contributed by atoms with van der Waals surface area (Å²) in [5.41, 5.74) is -1.16. The normalized spacial score (nSPS) is 11.2. The Kier molecular flexibility index (Phi) is 4.46. The number of anilines is 1. The van der Waals surface area contributed by atoms with Gasteiger partial charge in [0.2, 0.25) is 0 Å². The second-order valence-corrected chi connectivity index (χ2v) is 5.06. The molecule has 0 atom stereocenters. The molecule has 2 aromatic rings. The lowest BCUT2D eigenvalue weighted by atomic mass is 10.1. The van der Waals surface area contributed by atoms with Crippen LogP contribution in [-0.2, 0) is 12.7 Å². The van der Waals surface area contributed by atoms with Crippen molar-refractivity contribution in [2.45, 2.75) is 12.7 Å². The fourth-order valence-corrected chi connectivity index (χ4v) is 2.39. The highest BCUT2D eigenvalue weighted by Crippen LogP contribution is 2.36. The zero-order valence-corrected chi connectivity index (χ0v) is 11.8. The summed E-state index contributed by atoms with van der Waals surface area (Å²) in [6.07, 6.45) is -2.93. The van der Waals surface area contributed by atoms with Crippen LogP contribution >= 0.6 is 11.3 Å². The molecule has 0 radical (unpaired) electrons. The Bertz CT molecular complexity index is 626. The van der Waals surface area contributed by atoms with E-state index >= 15 is 0 Å². The standard InChI is InChI=1S/C13H12F3N3OS/c1-17-11-8(3-2-4-9(11)13(14,15)16)12(20)19-7-10-18-5-6-21-10/h2-6,17H,7H2,1H3,(H,19,20). The first-order valence-electron chi connectivity index (χ1n) is 5.98. The average molecular weight is 315 g/mol. The largest absolute Gasteiger partial charge is 0.418 e. The van der Waals surface area contributed by atoms with E-state index in [2.05, 4.69) is 15.6 Å². The fourth-order valence-electron chi connectivity index (χ4n) is 1.84. The van der Waals surface area contributed by atoms with Crippen LogP contribution in [0.4, 0.5) is 18.9 Å². The van der Waals surface area contributed by atoms with Gasteiger partial charge in [0.15, 0.2) is 0 Å². The summed E-state index contributed by atoms with van der Waals surface area (Å²) in [6, 6.07) is 3.49. The Morgan fingerprint density at radius 2 is 2.14 bits per heavy atom. The first-order chi connectivity index (χ1) is 9.93. The van der Waals surface area contributed by atoms with Gasteiger partial charge in [-0.05, 0) is 12.1 Å². The Morgan fingerprint density at radius 1 is 1.38 bits per heavy atom. The molecule has 1 aromatic heterocycles. The van der Waals surface area contributed by atoms with Crippen molar-refractivity contribution >= 4 is 22.9 Å². The number of thiazole rings is 1. The molecular weight excluding hydrogens is 303 g/mol. The van der Waals surface area contributed by atoms with Crippen molar-refractivity contribution in [1.29, 1.82) is 0 Å². The molecule has 0 saturated carbocycles. The summed E-state index contributed by atoms with van der Waals surface area (Å²) in [6.45, 7) is 0.176. The number of para-hydroxylation sites is 1. The van der Waals surface area contributed by atoms with E-state index in [1.165, 1.54) is 30.5 Å². The number of amides is 1. The van der Waals surface area contributed by atoms with Crippen LogP contribution in [0.3, 0.4) is 0 Å². The van der Waals surface area contributed by atoms with Crippen molar-refractivity contribution in [3.8, 4) is 0 Å². The number of halogens is 3. The van der Waals surface area contributed by atoms with Gasteiger partial charge in [-0.2, -0.15) is 13.2 Å². The predicted octanol–water partition coefficient (Wildman–Crippen LogP) is 3.13. The first kappa shape index (κ1) is 15.3. The van der Waals surface area contributed by atoms with Crippen LogP contribution in [0, 0.1) is 0 Å². The lowest BCUT2D eigenvalue weighted by Gasteiger charge is -2.16. The summed E-state index contributed by atoms with van der Waals surface area (Å²) in [5, 5.41) is 7.44. The monoisotopic (exact) mass is 315 g/mol. The van der Waals surface area contributed by atoms with Crippen LogP contribution in [0.15, 0.2) is 29.8 Å². The maximum absolute atomic E-state index is 12.9. The Balaban J connectivity index is 2.24. The molecule has 2 N–H and O–H groups in total. The van der Waals surface area contributed by atoms with E-state index in [1.54, 1.807) is 11.6 Å². The summed E-state index contributed by atoms with van der Waals surface area (Å²) < 4.78 is 38.7. The smallest absolute Gasteiger partial charge is 0.387 e. The van der Waals surface area contributed by atoms with Gasteiger partial charge in [-0.3, -0.25) is 4.79 Å². The van der Waals surface area contributed by atoms with Crippen molar-refractivity contribution in [3.05, 3.63) is 45.9 Å². The highest BCUT2D eigenvalue weighted by atomic mass is 32.1. The fraction of sp³-hybridized carbons (Fsp3) is 0.231. The molecule has 21 heavy (non-hydrogen) atoms. The minimum Gasteiger partial charge on any atom is -0.387 e. The molecule has 0 unspecified atom stereocenters. The number of hydrogen-bond donors (Lipinski definition) is 2. The molecular formula is C13H12F3N3OS. The van der Waals surface area contributed by atoms with Crippen molar-refractivity contribution in [2.24, 2.45) is 0 Å². The number of carbonyl (C=O) groups excluding carboxylic acids is 1. The van der Waals surface area contributed by atoms with Crippen LogP contribution in [-0.4, -0.2) is 17.9 Å². The van der Waals surface area contributed by atoms with Crippen LogP contribution < -0.4 is 10.6 Å². The lowest BCUT2D eigenvalue weighted by molar-refractivity contribution is -0.136. The van der Waals surface area contributed by atoms with E-state index < -0.39 is 17.6 Å². The summed E-state index contributed by atoms with van der Waals surface area (Å²) in [4.78, 5) is 16.0. The molecule has 0 aliphatic rings. The van der Waals surface area contributed by atoms with E-state index in [0.717, 1.165) is 6.07 Å². The average Bonchev–Trinajstić information content (AvgIpc) is 2.96. The molecule has 4 nitrogen and oxygen atoms in total. The van der Waals surface area contributed by atoms with Gasteiger partial charge in [-0.25, -0.2) is 4.98 Å². The Labute approximate surface area is 123 Å². The third kappa shape index (κ3) is 3.52. The Morgan fingerprint density at radius 3 is 2.71 bits per heavy atom. The molecule has 0 saturated heterocycles. The second kappa shape index (κ2) is 6.13. The van der Waals surface area contributed by atoms with Crippen LogP contribution in [0.5, 0.6) is 0 Å². The second-order valence-electron chi connectivity index (χ2n) is 4.08. The maximum Gasteiger partial charge on any atom is 0.418 e.